The van der Waals surface area contributed by atoms with Crippen LogP contribution in [0.1, 0.15) is 19.4 Å². The Balaban J connectivity index is 2.31. The summed E-state index contributed by atoms with van der Waals surface area (Å²) in [6.07, 6.45) is 0.459. The number of nitriles is 1. The minimum absolute atomic E-state index is 0.116. The SMILES string of the molecule is CCC(C(=O)Nc1cc(OC)ccc1OC)n1c(N)nnc1SCC#N. The van der Waals surface area contributed by atoms with E-state index < -0.39 is 6.04 Å². The molecule has 1 heterocycles. The Morgan fingerprint density at radius 1 is 1.42 bits per heavy atom. The second-order valence-corrected chi connectivity index (χ2v) is 6.08. The molecule has 9 nitrogen and oxygen atoms in total. The molecule has 0 aliphatic carbocycles. The van der Waals surface area contributed by atoms with Crippen LogP contribution in [0.4, 0.5) is 11.6 Å². The lowest BCUT2D eigenvalue weighted by Crippen LogP contribution is -2.27. The highest BCUT2D eigenvalue weighted by Crippen LogP contribution is 2.31. The van der Waals surface area contributed by atoms with E-state index in [4.69, 9.17) is 20.5 Å². The molecule has 1 amide bonds. The molecule has 0 saturated heterocycles. The Hall–Kier alpha value is -2.93. The average Bonchev–Trinajstić information content (AvgIpc) is 3.01. The predicted octanol–water partition coefficient (Wildman–Crippen LogP) is 2.08. The first kappa shape index (κ1) is 19.4. The van der Waals surface area contributed by atoms with Crippen molar-refractivity contribution in [2.75, 3.05) is 31.0 Å². The molecular formula is C16H20N6O3S. The van der Waals surface area contributed by atoms with Gasteiger partial charge in [-0.05, 0) is 18.6 Å². The van der Waals surface area contributed by atoms with Gasteiger partial charge in [0, 0.05) is 6.07 Å². The zero-order chi connectivity index (χ0) is 19.1. The molecule has 26 heavy (non-hydrogen) atoms. The first-order valence-electron chi connectivity index (χ1n) is 7.78. The van der Waals surface area contributed by atoms with E-state index in [2.05, 4.69) is 15.5 Å². The van der Waals surface area contributed by atoms with Crippen molar-refractivity contribution in [1.82, 2.24) is 14.8 Å². The molecule has 0 bridgehead atoms. The summed E-state index contributed by atoms with van der Waals surface area (Å²) in [5.74, 6) is 1.09. The lowest BCUT2D eigenvalue weighted by Gasteiger charge is -2.20. The van der Waals surface area contributed by atoms with Gasteiger partial charge in [0.05, 0.1) is 31.7 Å². The number of thioether (sulfide) groups is 1. The van der Waals surface area contributed by atoms with E-state index in [-0.39, 0.29) is 17.6 Å². The van der Waals surface area contributed by atoms with E-state index in [1.807, 2.05) is 13.0 Å². The Morgan fingerprint density at radius 3 is 2.81 bits per heavy atom. The smallest absolute Gasteiger partial charge is 0.247 e. The van der Waals surface area contributed by atoms with Gasteiger partial charge in [0.15, 0.2) is 5.16 Å². The standard InChI is InChI=1S/C16H20N6O3S/c1-4-12(22-15(18)20-21-16(22)26-8-7-17)14(23)19-11-9-10(24-2)5-6-13(11)25-3/h5-6,9,12H,4,8H2,1-3H3,(H2,18,20)(H,19,23). The highest BCUT2D eigenvalue weighted by Gasteiger charge is 2.25. The molecule has 1 atom stereocenters. The molecule has 3 N–H and O–H groups in total. The van der Waals surface area contributed by atoms with Crippen LogP contribution in [0.5, 0.6) is 11.5 Å². The van der Waals surface area contributed by atoms with Gasteiger partial charge < -0.3 is 20.5 Å². The normalized spacial score (nSPS) is 11.5. The average molecular weight is 376 g/mol. The third-order valence-electron chi connectivity index (χ3n) is 3.62. The van der Waals surface area contributed by atoms with Crippen molar-refractivity contribution in [3.05, 3.63) is 18.2 Å². The van der Waals surface area contributed by atoms with Gasteiger partial charge in [-0.25, -0.2) is 0 Å². The number of nitrogens with one attached hydrogen (secondary N) is 1. The first-order valence-corrected chi connectivity index (χ1v) is 8.77. The Bertz CT molecular complexity index is 817. The molecule has 1 unspecified atom stereocenters. The fourth-order valence-corrected chi connectivity index (χ4v) is 3.04. The van der Waals surface area contributed by atoms with Gasteiger partial charge in [-0.3, -0.25) is 9.36 Å². The van der Waals surface area contributed by atoms with Gasteiger partial charge in [0.25, 0.3) is 0 Å². The summed E-state index contributed by atoms with van der Waals surface area (Å²) >= 11 is 1.17. The number of nitrogens with two attached hydrogens (primary N) is 1. The number of hydrogen-bond acceptors (Lipinski definition) is 8. The van der Waals surface area contributed by atoms with Crippen LogP contribution in [0.25, 0.3) is 0 Å². The molecular weight excluding hydrogens is 356 g/mol. The zero-order valence-electron chi connectivity index (χ0n) is 14.7. The molecule has 1 aromatic carbocycles. The van der Waals surface area contributed by atoms with Crippen molar-refractivity contribution in [2.45, 2.75) is 24.5 Å². The number of carbonyl (C=O) groups excluding carboxylic acids is 1. The minimum atomic E-state index is -0.637. The second kappa shape index (κ2) is 8.96. The molecule has 10 heteroatoms. The highest BCUT2D eigenvalue weighted by molar-refractivity contribution is 7.99. The Kier molecular flexibility index (Phi) is 6.68. The number of nitrogens with zero attached hydrogens (tertiary/aromatic N) is 4. The molecule has 2 rings (SSSR count). The maximum atomic E-state index is 12.9. The molecule has 0 spiro atoms. The van der Waals surface area contributed by atoms with Crippen LogP contribution in [-0.4, -0.2) is 40.6 Å². The summed E-state index contributed by atoms with van der Waals surface area (Å²) in [5, 5.41) is 19.8. The fourth-order valence-electron chi connectivity index (χ4n) is 2.39. The van der Waals surface area contributed by atoms with Crippen LogP contribution in [0, 0.1) is 11.3 Å². The summed E-state index contributed by atoms with van der Waals surface area (Å²) in [4.78, 5) is 12.9. The zero-order valence-corrected chi connectivity index (χ0v) is 15.5. The van der Waals surface area contributed by atoms with Crippen molar-refractivity contribution < 1.29 is 14.3 Å². The molecule has 0 saturated carbocycles. The lowest BCUT2D eigenvalue weighted by atomic mass is 10.2. The van der Waals surface area contributed by atoms with Gasteiger partial charge in [-0.1, -0.05) is 18.7 Å². The number of carbonyl (C=O) groups is 1. The van der Waals surface area contributed by atoms with Gasteiger partial charge in [0.1, 0.15) is 17.5 Å². The molecule has 2 aromatic rings. The fraction of sp³-hybridized carbons (Fsp3) is 0.375. The van der Waals surface area contributed by atoms with Gasteiger partial charge in [0.2, 0.25) is 11.9 Å². The summed E-state index contributed by atoms with van der Waals surface area (Å²) < 4.78 is 12.0. The Labute approximate surface area is 155 Å². The van der Waals surface area contributed by atoms with Gasteiger partial charge in [-0.15, -0.1) is 10.2 Å². The van der Waals surface area contributed by atoms with Crippen molar-refractivity contribution in [2.24, 2.45) is 0 Å². The van der Waals surface area contributed by atoms with E-state index in [0.717, 1.165) is 0 Å². The number of anilines is 2. The number of methoxy groups -OCH3 is 2. The number of hydrogen-bond donors (Lipinski definition) is 2. The number of benzene rings is 1. The lowest BCUT2D eigenvalue weighted by molar-refractivity contribution is -0.119. The van der Waals surface area contributed by atoms with Crippen LogP contribution in [-0.2, 0) is 4.79 Å². The Morgan fingerprint density at radius 2 is 2.19 bits per heavy atom. The highest BCUT2D eigenvalue weighted by atomic mass is 32.2. The minimum Gasteiger partial charge on any atom is -0.497 e. The second-order valence-electron chi connectivity index (χ2n) is 5.14. The quantitative estimate of drug-likeness (QED) is 0.670. The van der Waals surface area contributed by atoms with Crippen LogP contribution < -0.4 is 20.5 Å². The van der Waals surface area contributed by atoms with Crippen molar-refractivity contribution >= 4 is 29.3 Å². The summed E-state index contributed by atoms with van der Waals surface area (Å²) in [6, 6.07) is 6.49. The summed E-state index contributed by atoms with van der Waals surface area (Å²) in [6.45, 7) is 1.85. The van der Waals surface area contributed by atoms with Crippen LogP contribution in [0.15, 0.2) is 23.4 Å². The molecule has 0 radical (unpaired) electrons. The number of ether oxygens (including phenoxy) is 2. The van der Waals surface area contributed by atoms with Gasteiger partial charge >= 0.3 is 0 Å². The molecule has 0 fully saturated rings. The monoisotopic (exact) mass is 376 g/mol. The number of nitrogen functional groups attached to an aromatic ring is 1. The van der Waals surface area contributed by atoms with E-state index in [9.17, 15) is 4.79 Å². The molecule has 1 aromatic heterocycles. The van der Waals surface area contributed by atoms with E-state index in [1.54, 1.807) is 25.3 Å². The van der Waals surface area contributed by atoms with Crippen LogP contribution in [0.3, 0.4) is 0 Å². The molecule has 0 aliphatic rings. The molecule has 0 aliphatic heterocycles. The van der Waals surface area contributed by atoms with Gasteiger partial charge in [-0.2, -0.15) is 5.26 Å². The maximum Gasteiger partial charge on any atom is 0.247 e. The van der Waals surface area contributed by atoms with E-state index in [1.165, 1.54) is 23.4 Å². The number of amides is 1. The number of rotatable bonds is 8. The third kappa shape index (κ3) is 4.18. The van der Waals surface area contributed by atoms with Crippen molar-refractivity contribution in [3.63, 3.8) is 0 Å². The van der Waals surface area contributed by atoms with E-state index >= 15 is 0 Å². The maximum absolute atomic E-state index is 12.9. The van der Waals surface area contributed by atoms with Crippen molar-refractivity contribution in [3.8, 4) is 17.6 Å². The predicted molar refractivity (Wildman–Crippen MR) is 98.3 cm³/mol. The number of aromatic nitrogens is 3. The van der Waals surface area contributed by atoms with Crippen LogP contribution in [0.2, 0.25) is 0 Å². The van der Waals surface area contributed by atoms with E-state index in [0.29, 0.717) is 28.8 Å². The summed E-state index contributed by atoms with van der Waals surface area (Å²) in [5.41, 5.74) is 6.37. The third-order valence-corrected chi connectivity index (χ3v) is 4.43. The van der Waals surface area contributed by atoms with Crippen LogP contribution >= 0.6 is 11.8 Å². The topological polar surface area (TPSA) is 128 Å². The first-order chi connectivity index (χ1) is 12.5. The summed E-state index contributed by atoms with van der Waals surface area (Å²) in [7, 11) is 3.06. The van der Waals surface area contributed by atoms with Crippen molar-refractivity contribution in [1.29, 1.82) is 5.26 Å². The molecule has 138 valence electrons. The largest absolute Gasteiger partial charge is 0.497 e.